The van der Waals surface area contributed by atoms with E-state index in [9.17, 15) is 4.79 Å². The van der Waals surface area contributed by atoms with Crippen molar-refractivity contribution in [1.82, 2.24) is 4.90 Å². The van der Waals surface area contributed by atoms with Crippen LogP contribution < -0.4 is 5.73 Å². The van der Waals surface area contributed by atoms with Gasteiger partial charge in [-0.1, -0.05) is 31.2 Å². The van der Waals surface area contributed by atoms with Gasteiger partial charge in [-0.15, -0.1) is 0 Å². The first kappa shape index (κ1) is 15.0. The first-order valence-electron chi connectivity index (χ1n) is 7.51. The van der Waals surface area contributed by atoms with Crippen molar-refractivity contribution in [2.45, 2.75) is 64.6 Å². The molecule has 1 aromatic carbocycles. The zero-order valence-corrected chi connectivity index (χ0v) is 13.0. The summed E-state index contributed by atoms with van der Waals surface area (Å²) in [5.41, 5.74) is 8.59. The van der Waals surface area contributed by atoms with Gasteiger partial charge in [-0.25, -0.2) is 0 Å². The predicted octanol–water partition coefficient (Wildman–Crippen LogP) is 3.04. The van der Waals surface area contributed by atoms with E-state index in [4.69, 9.17) is 5.73 Å². The Bertz CT molecular complexity index is 473. The van der Waals surface area contributed by atoms with Crippen LogP contribution in [0.15, 0.2) is 24.3 Å². The highest BCUT2D eigenvalue weighted by atomic mass is 16.2. The molecule has 110 valence electrons. The van der Waals surface area contributed by atoms with Gasteiger partial charge in [-0.3, -0.25) is 4.79 Å². The minimum Gasteiger partial charge on any atom is -0.329 e. The summed E-state index contributed by atoms with van der Waals surface area (Å²) in [6.07, 6.45) is 2.35. The second-order valence-corrected chi connectivity index (χ2v) is 6.68. The summed E-state index contributed by atoms with van der Waals surface area (Å²) in [6.45, 7) is 8.38. The van der Waals surface area contributed by atoms with Gasteiger partial charge < -0.3 is 10.6 Å². The maximum Gasteiger partial charge on any atom is 0.223 e. The van der Waals surface area contributed by atoms with Gasteiger partial charge in [0, 0.05) is 18.0 Å². The van der Waals surface area contributed by atoms with Crippen LogP contribution in [0.5, 0.6) is 0 Å². The number of hydrogen-bond acceptors (Lipinski definition) is 2. The lowest BCUT2D eigenvalue weighted by Gasteiger charge is -2.47. The fourth-order valence-corrected chi connectivity index (χ4v) is 3.05. The van der Waals surface area contributed by atoms with E-state index in [1.54, 1.807) is 0 Å². The Morgan fingerprint density at radius 1 is 1.25 bits per heavy atom. The van der Waals surface area contributed by atoms with E-state index in [0.29, 0.717) is 6.42 Å². The summed E-state index contributed by atoms with van der Waals surface area (Å²) in [5, 5.41) is 0. The number of nitrogens with zero attached hydrogens (tertiary/aromatic N) is 1. The minimum absolute atomic E-state index is 0.0119. The SMILES string of the molecule is CCc1ccc(C2C(N)CCC(=O)N2C(C)(C)C)cc1. The molecule has 3 nitrogen and oxygen atoms in total. The number of benzene rings is 1. The van der Waals surface area contributed by atoms with Crippen molar-refractivity contribution in [3.63, 3.8) is 0 Å². The zero-order valence-electron chi connectivity index (χ0n) is 13.0. The maximum absolute atomic E-state index is 12.4. The Morgan fingerprint density at radius 3 is 2.35 bits per heavy atom. The molecule has 2 rings (SSSR count). The normalized spacial score (nSPS) is 24.1. The van der Waals surface area contributed by atoms with E-state index < -0.39 is 0 Å². The van der Waals surface area contributed by atoms with E-state index in [-0.39, 0.29) is 23.5 Å². The number of piperidine rings is 1. The Labute approximate surface area is 122 Å². The minimum atomic E-state index is -0.205. The molecule has 1 fully saturated rings. The van der Waals surface area contributed by atoms with Crippen molar-refractivity contribution in [2.24, 2.45) is 5.73 Å². The Hall–Kier alpha value is -1.35. The van der Waals surface area contributed by atoms with Gasteiger partial charge in [0.1, 0.15) is 0 Å². The monoisotopic (exact) mass is 274 g/mol. The second-order valence-electron chi connectivity index (χ2n) is 6.68. The summed E-state index contributed by atoms with van der Waals surface area (Å²) in [6, 6.07) is 8.53. The van der Waals surface area contributed by atoms with Crippen LogP contribution in [0.2, 0.25) is 0 Å². The molecule has 2 unspecified atom stereocenters. The van der Waals surface area contributed by atoms with Crippen LogP contribution >= 0.6 is 0 Å². The topological polar surface area (TPSA) is 46.3 Å². The van der Waals surface area contributed by atoms with E-state index >= 15 is 0 Å². The number of carbonyl (C=O) groups is 1. The fourth-order valence-electron chi connectivity index (χ4n) is 3.05. The molecular formula is C17H26N2O. The third-order valence-corrected chi connectivity index (χ3v) is 4.10. The number of amides is 1. The number of rotatable bonds is 2. The number of carbonyl (C=O) groups excluding carboxylic acids is 1. The number of aryl methyl sites for hydroxylation is 1. The standard InChI is InChI=1S/C17H26N2O/c1-5-12-6-8-13(9-7-12)16-14(18)10-11-15(20)19(16)17(2,3)4/h6-9,14,16H,5,10-11,18H2,1-4H3. The lowest BCUT2D eigenvalue weighted by Crippen LogP contribution is -2.56. The lowest BCUT2D eigenvalue weighted by molar-refractivity contribution is -0.144. The Morgan fingerprint density at radius 2 is 1.85 bits per heavy atom. The van der Waals surface area contributed by atoms with Gasteiger partial charge in [-0.05, 0) is 44.7 Å². The number of hydrogen-bond donors (Lipinski definition) is 1. The van der Waals surface area contributed by atoms with Crippen LogP contribution in [0.25, 0.3) is 0 Å². The number of likely N-dealkylation sites (tertiary alicyclic amines) is 1. The van der Waals surface area contributed by atoms with Gasteiger partial charge in [0.05, 0.1) is 6.04 Å². The van der Waals surface area contributed by atoms with Crippen LogP contribution in [0, 0.1) is 0 Å². The van der Waals surface area contributed by atoms with Gasteiger partial charge >= 0.3 is 0 Å². The molecule has 1 aliphatic rings. The van der Waals surface area contributed by atoms with Crippen LogP contribution in [0.4, 0.5) is 0 Å². The van der Waals surface area contributed by atoms with E-state index in [1.165, 1.54) is 5.56 Å². The van der Waals surface area contributed by atoms with Crippen LogP contribution in [0.1, 0.15) is 57.7 Å². The molecule has 0 aromatic heterocycles. The average Bonchev–Trinajstić information content (AvgIpc) is 2.40. The molecule has 3 heteroatoms. The van der Waals surface area contributed by atoms with Gasteiger partial charge in [-0.2, -0.15) is 0 Å². The molecule has 1 saturated heterocycles. The smallest absolute Gasteiger partial charge is 0.223 e. The third kappa shape index (κ3) is 2.88. The Kier molecular flexibility index (Phi) is 4.19. The summed E-state index contributed by atoms with van der Waals surface area (Å²) < 4.78 is 0. The Balaban J connectivity index is 2.39. The molecule has 0 radical (unpaired) electrons. The van der Waals surface area contributed by atoms with Gasteiger partial charge in [0.2, 0.25) is 5.91 Å². The van der Waals surface area contributed by atoms with E-state index in [0.717, 1.165) is 18.4 Å². The second kappa shape index (κ2) is 5.57. The largest absolute Gasteiger partial charge is 0.329 e. The number of nitrogens with two attached hydrogens (primary N) is 1. The van der Waals surface area contributed by atoms with E-state index in [1.807, 2.05) is 4.90 Å². The predicted molar refractivity (Wildman–Crippen MR) is 82.4 cm³/mol. The molecule has 0 bridgehead atoms. The molecule has 1 heterocycles. The quantitative estimate of drug-likeness (QED) is 0.901. The zero-order chi connectivity index (χ0) is 14.9. The summed E-state index contributed by atoms with van der Waals surface area (Å²) >= 11 is 0. The van der Waals surface area contributed by atoms with E-state index in [2.05, 4.69) is 52.0 Å². The molecule has 0 aliphatic carbocycles. The molecule has 1 aliphatic heterocycles. The van der Waals surface area contributed by atoms with Gasteiger partial charge in [0.15, 0.2) is 0 Å². The van der Waals surface area contributed by atoms with Crippen molar-refractivity contribution >= 4 is 5.91 Å². The molecule has 0 spiro atoms. The highest BCUT2D eigenvalue weighted by Crippen LogP contribution is 2.36. The van der Waals surface area contributed by atoms with Crippen molar-refractivity contribution < 1.29 is 4.79 Å². The highest BCUT2D eigenvalue weighted by Gasteiger charge is 2.40. The maximum atomic E-state index is 12.4. The first-order chi connectivity index (χ1) is 9.34. The average molecular weight is 274 g/mol. The van der Waals surface area contributed by atoms with Crippen molar-refractivity contribution in [2.75, 3.05) is 0 Å². The lowest BCUT2D eigenvalue weighted by atomic mass is 9.86. The van der Waals surface area contributed by atoms with Crippen LogP contribution in [-0.2, 0) is 11.2 Å². The van der Waals surface area contributed by atoms with Gasteiger partial charge in [0.25, 0.3) is 0 Å². The van der Waals surface area contributed by atoms with Crippen LogP contribution in [-0.4, -0.2) is 22.4 Å². The molecule has 2 N–H and O–H groups in total. The summed E-state index contributed by atoms with van der Waals surface area (Å²) in [5.74, 6) is 0.212. The van der Waals surface area contributed by atoms with Crippen molar-refractivity contribution in [3.05, 3.63) is 35.4 Å². The van der Waals surface area contributed by atoms with Crippen LogP contribution in [0.3, 0.4) is 0 Å². The first-order valence-corrected chi connectivity index (χ1v) is 7.51. The third-order valence-electron chi connectivity index (χ3n) is 4.10. The molecule has 20 heavy (non-hydrogen) atoms. The van der Waals surface area contributed by atoms with Crippen molar-refractivity contribution in [3.8, 4) is 0 Å². The summed E-state index contributed by atoms with van der Waals surface area (Å²) in [4.78, 5) is 14.3. The molecule has 2 atom stereocenters. The summed E-state index contributed by atoms with van der Waals surface area (Å²) in [7, 11) is 0. The molecule has 1 amide bonds. The molecule has 1 aromatic rings. The molecular weight excluding hydrogens is 248 g/mol. The molecule has 0 saturated carbocycles. The highest BCUT2D eigenvalue weighted by molar-refractivity contribution is 5.78. The fraction of sp³-hybridized carbons (Fsp3) is 0.588. The van der Waals surface area contributed by atoms with Crippen molar-refractivity contribution in [1.29, 1.82) is 0 Å².